The Balaban J connectivity index is 1.60. The maximum absolute atomic E-state index is 13.1. The van der Waals surface area contributed by atoms with Crippen molar-refractivity contribution in [3.05, 3.63) is 65.5 Å². The number of halogens is 1. The van der Waals surface area contributed by atoms with E-state index in [1.807, 2.05) is 12.1 Å². The Morgan fingerprint density at radius 3 is 2.50 bits per heavy atom. The molecule has 1 N–H and O–H groups in total. The van der Waals surface area contributed by atoms with Crippen LogP contribution >= 0.6 is 0 Å². The van der Waals surface area contributed by atoms with Gasteiger partial charge in [-0.05, 0) is 35.4 Å². The van der Waals surface area contributed by atoms with Gasteiger partial charge in [0.2, 0.25) is 11.8 Å². The Hall–Kier alpha value is -2.73. The van der Waals surface area contributed by atoms with E-state index in [4.69, 9.17) is 4.74 Å². The molecule has 3 rings (SSSR count). The fourth-order valence-electron chi connectivity index (χ4n) is 2.95. The van der Waals surface area contributed by atoms with E-state index in [1.54, 1.807) is 29.2 Å². The molecule has 0 aliphatic carbocycles. The Morgan fingerprint density at radius 1 is 1.15 bits per heavy atom. The van der Waals surface area contributed by atoms with Gasteiger partial charge in [-0.15, -0.1) is 0 Å². The number of carbonyl (C=O) groups excluding carboxylic acids is 2. The fraction of sp³-hybridized carbons (Fsp3) is 0.300. The fourth-order valence-corrected chi connectivity index (χ4v) is 2.95. The van der Waals surface area contributed by atoms with E-state index in [0.29, 0.717) is 25.4 Å². The number of morpholine rings is 1. The number of nitrogens with one attached hydrogen (secondary N) is 1. The number of carbonyl (C=O) groups is 2. The van der Waals surface area contributed by atoms with Crippen LogP contribution in [0.15, 0.2) is 48.5 Å². The Morgan fingerprint density at radius 2 is 1.85 bits per heavy atom. The van der Waals surface area contributed by atoms with Gasteiger partial charge in [0.05, 0.1) is 19.6 Å². The molecule has 1 fully saturated rings. The highest BCUT2D eigenvalue weighted by molar-refractivity contribution is 5.88. The lowest BCUT2D eigenvalue weighted by atomic mass is 10.1. The topological polar surface area (TPSA) is 58.6 Å². The van der Waals surface area contributed by atoms with Gasteiger partial charge in [-0.1, -0.05) is 24.3 Å². The third-order valence-electron chi connectivity index (χ3n) is 4.29. The van der Waals surface area contributed by atoms with Gasteiger partial charge >= 0.3 is 0 Å². The summed E-state index contributed by atoms with van der Waals surface area (Å²) in [4.78, 5) is 25.4. The number of benzene rings is 2. The first-order valence-corrected chi connectivity index (χ1v) is 8.52. The number of hydrogen-bond donors (Lipinski definition) is 1. The van der Waals surface area contributed by atoms with E-state index in [2.05, 4.69) is 5.32 Å². The molecule has 1 saturated heterocycles. The van der Waals surface area contributed by atoms with Crippen LogP contribution in [0.3, 0.4) is 0 Å². The summed E-state index contributed by atoms with van der Waals surface area (Å²) in [6.07, 6.45) is 0.0479. The second-order valence-electron chi connectivity index (χ2n) is 6.31. The molecule has 1 heterocycles. The molecule has 6 heteroatoms. The summed E-state index contributed by atoms with van der Waals surface area (Å²) in [5.74, 6) is -0.401. The van der Waals surface area contributed by atoms with Crippen LogP contribution in [0, 0.1) is 5.82 Å². The highest BCUT2D eigenvalue weighted by Crippen LogP contribution is 2.23. The molecule has 136 valence electrons. The van der Waals surface area contributed by atoms with E-state index in [1.165, 1.54) is 19.1 Å². The smallest absolute Gasteiger partial charge is 0.227 e. The van der Waals surface area contributed by atoms with E-state index < -0.39 is 0 Å². The lowest BCUT2D eigenvalue weighted by Gasteiger charge is -2.33. The number of amides is 2. The van der Waals surface area contributed by atoms with E-state index >= 15 is 0 Å². The lowest BCUT2D eigenvalue weighted by Crippen LogP contribution is -2.43. The predicted octanol–water partition coefficient (Wildman–Crippen LogP) is 2.93. The normalized spacial score (nSPS) is 17.0. The van der Waals surface area contributed by atoms with Gasteiger partial charge in [0.25, 0.3) is 0 Å². The minimum atomic E-state index is -0.291. The lowest BCUT2D eigenvalue weighted by molar-refractivity contribution is -0.138. The van der Waals surface area contributed by atoms with E-state index in [-0.39, 0.29) is 30.2 Å². The minimum Gasteiger partial charge on any atom is -0.370 e. The van der Waals surface area contributed by atoms with E-state index in [0.717, 1.165) is 11.1 Å². The maximum atomic E-state index is 13.1. The summed E-state index contributed by atoms with van der Waals surface area (Å²) in [5.41, 5.74) is 2.45. The number of nitrogens with zero attached hydrogens (tertiary/aromatic N) is 1. The first-order chi connectivity index (χ1) is 12.5. The van der Waals surface area contributed by atoms with Crippen LogP contribution in [-0.2, 0) is 20.7 Å². The predicted molar refractivity (Wildman–Crippen MR) is 96.1 cm³/mol. The minimum absolute atomic E-state index is 0.0210. The van der Waals surface area contributed by atoms with Gasteiger partial charge in [0.15, 0.2) is 0 Å². The summed E-state index contributed by atoms with van der Waals surface area (Å²) >= 11 is 0. The molecule has 1 atom stereocenters. The Labute approximate surface area is 151 Å². The number of hydrogen-bond acceptors (Lipinski definition) is 3. The summed E-state index contributed by atoms with van der Waals surface area (Å²) in [5, 5.41) is 2.70. The standard InChI is InChI=1S/C20H21FN2O3/c1-14(24)22-18-8-2-15(3-9-18)12-20(25)23-10-11-26-19(13-23)16-4-6-17(21)7-5-16/h2-9,19H,10-13H2,1H3,(H,22,24). The van der Waals surface area contributed by atoms with Crippen molar-refractivity contribution in [2.75, 3.05) is 25.0 Å². The molecule has 2 amide bonds. The highest BCUT2D eigenvalue weighted by atomic mass is 19.1. The zero-order valence-corrected chi connectivity index (χ0v) is 14.6. The van der Waals surface area contributed by atoms with Crippen molar-refractivity contribution >= 4 is 17.5 Å². The molecule has 5 nitrogen and oxygen atoms in total. The number of anilines is 1. The second-order valence-corrected chi connectivity index (χ2v) is 6.31. The van der Waals surface area contributed by atoms with Crippen LogP contribution < -0.4 is 5.32 Å². The van der Waals surface area contributed by atoms with Gasteiger partial charge < -0.3 is 15.0 Å². The first kappa shape index (κ1) is 18.1. The van der Waals surface area contributed by atoms with Crippen molar-refractivity contribution in [3.8, 4) is 0 Å². The molecule has 2 aromatic rings. The van der Waals surface area contributed by atoms with E-state index in [9.17, 15) is 14.0 Å². The number of rotatable bonds is 4. The quantitative estimate of drug-likeness (QED) is 0.916. The Bertz CT molecular complexity index is 775. The van der Waals surface area contributed by atoms with Crippen molar-refractivity contribution in [1.82, 2.24) is 4.90 Å². The van der Waals surface area contributed by atoms with Crippen molar-refractivity contribution in [2.45, 2.75) is 19.4 Å². The summed E-state index contributed by atoms with van der Waals surface area (Å²) in [7, 11) is 0. The molecular weight excluding hydrogens is 335 g/mol. The number of ether oxygens (including phenoxy) is 1. The molecule has 0 aromatic heterocycles. The zero-order valence-electron chi connectivity index (χ0n) is 14.6. The van der Waals surface area contributed by atoms with Crippen LogP contribution in [0.4, 0.5) is 10.1 Å². The summed E-state index contributed by atoms with van der Waals surface area (Å²) in [6.45, 7) is 2.90. The van der Waals surface area contributed by atoms with Gasteiger partial charge in [-0.3, -0.25) is 9.59 Å². The first-order valence-electron chi connectivity index (χ1n) is 8.52. The van der Waals surface area contributed by atoms with Gasteiger partial charge in [-0.25, -0.2) is 4.39 Å². The molecule has 0 saturated carbocycles. The summed E-state index contributed by atoms with van der Waals surface area (Å²) < 4.78 is 18.8. The van der Waals surface area contributed by atoms with Crippen LogP contribution in [0.25, 0.3) is 0 Å². The van der Waals surface area contributed by atoms with Crippen LogP contribution in [0.1, 0.15) is 24.2 Å². The zero-order chi connectivity index (χ0) is 18.5. The molecule has 1 aliphatic heterocycles. The molecule has 1 unspecified atom stereocenters. The molecular formula is C20H21FN2O3. The van der Waals surface area contributed by atoms with Crippen LogP contribution in [0.5, 0.6) is 0 Å². The van der Waals surface area contributed by atoms with Crippen molar-refractivity contribution < 1.29 is 18.7 Å². The average molecular weight is 356 g/mol. The Kier molecular flexibility index (Phi) is 5.63. The van der Waals surface area contributed by atoms with Crippen molar-refractivity contribution in [3.63, 3.8) is 0 Å². The van der Waals surface area contributed by atoms with Crippen LogP contribution in [0.2, 0.25) is 0 Å². The van der Waals surface area contributed by atoms with Gasteiger partial charge in [0, 0.05) is 19.2 Å². The average Bonchev–Trinajstić information content (AvgIpc) is 2.63. The maximum Gasteiger partial charge on any atom is 0.227 e. The molecule has 2 aromatic carbocycles. The SMILES string of the molecule is CC(=O)Nc1ccc(CC(=O)N2CCOC(c3ccc(F)cc3)C2)cc1. The molecule has 1 aliphatic rings. The summed E-state index contributed by atoms with van der Waals surface area (Å²) in [6, 6.07) is 13.4. The largest absolute Gasteiger partial charge is 0.370 e. The molecule has 0 bridgehead atoms. The van der Waals surface area contributed by atoms with Gasteiger partial charge in [0.1, 0.15) is 11.9 Å². The molecule has 0 radical (unpaired) electrons. The third kappa shape index (κ3) is 4.67. The third-order valence-corrected chi connectivity index (χ3v) is 4.29. The van der Waals surface area contributed by atoms with Crippen molar-refractivity contribution in [2.24, 2.45) is 0 Å². The van der Waals surface area contributed by atoms with Gasteiger partial charge in [-0.2, -0.15) is 0 Å². The second kappa shape index (κ2) is 8.10. The molecule has 0 spiro atoms. The monoisotopic (exact) mass is 356 g/mol. The van der Waals surface area contributed by atoms with Crippen LogP contribution in [-0.4, -0.2) is 36.4 Å². The van der Waals surface area contributed by atoms with Crippen molar-refractivity contribution in [1.29, 1.82) is 0 Å². The highest BCUT2D eigenvalue weighted by Gasteiger charge is 2.25. The molecule has 26 heavy (non-hydrogen) atoms.